The van der Waals surface area contributed by atoms with E-state index in [2.05, 4.69) is 5.32 Å². The van der Waals surface area contributed by atoms with Crippen molar-refractivity contribution in [2.75, 3.05) is 18.1 Å². The van der Waals surface area contributed by atoms with Crippen molar-refractivity contribution in [1.82, 2.24) is 5.32 Å². The van der Waals surface area contributed by atoms with E-state index in [9.17, 15) is 25.0 Å². The van der Waals surface area contributed by atoms with Gasteiger partial charge in [-0.25, -0.2) is 0 Å². The molecule has 3 aromatic rings. The molecule has 13 nitrogen and oxygen atoms in total. The van der Waals surface area contributed by atoms with E-state index in [-0.39, 0.29) is 48.6 Å². The van der Waals surface area contributed by atoms with Gasteiger partial charge in [-0.05, 0) is 35.7 Å². The van der Waals surface area contributed by atoms with Crippen LogP contribution in [0.25, 0.3) is 0 Å². The van der Waals surface area contributed by atoms with Gasteiger partial charge in [0.05, 0.1) is 34.8 Å². The predicted octanol–water partition coefficient (Wildman–Crippen LogP) is 3.29. The Kier molecular flexibility index (Phi) is 8.19. The number of anilines is 1. The zero-order valence-electron chi connectivity index (χ0n) is 20.7. The summed E-state index contributed by atoms with van der Waals surface area (Å²) in [4.78, 5) is 36.1. The van der Waals surface area contributed by atoms with Gasteiger partial charge in [-0.2, -0.15) is 0 Å². The van der Waals surface area contributed by atoms with Crippen LogP contribution in [0.3, 0.4) is 0 Å². The Balaban J connectivity index is 1.45. The first-order valence-electron chi connectivity index (χ1n) is 12.0. The van der Waals surface area contributed by atoms with Gasteiger partial charge in [0.2, 0.25) is 0 Å². The van der Waals surface area contributed by atoms with Crippen molar-refractivity contribution in [2.24, 2.45) is 5.73 Å². The third-order valence-electron chi connectivity index (χ3n) is 6.04. The molecule has 13 heteroatoms. The van der Waals surface area contributed by atoms with Crippen LogP contribution in [-0.4, -0.2) is 41.0 Å². The number of nitrogens with one attached hydrogen (secondary N) is 2. The van der Waals surface area contributed by atoms with E-state index in [1.165, 1.54) is 35.2 Å². The third-order valence-corrected chi connectivity index (χ3v) is 6.04. The molecule has 0 spiro atoms. The lowest BCUT2D eigenvalue weighted by Crippen LogP contribution is -2.46. The highest BCUT2D eigenvalue weighted by Gasteiger charge is 2.35. The van der Waals surface area contributed by atoms with E-state index < -0.39 is 16.0 Å². The topological polar surface area (TPSA) is 187 Å². The molecule has 3 aromatic carbocycles. The van der Waals surface area contributed by atoms with Crippen LogP contribution in [0.5, 0.6) is 11.5 Å². The van der Waals surface area contributed by atoms with E-state index in [1.807, 2.05) is 12.1 Å². The lowest BCUT2D eigenvalue weighted by Gasteiger charge is -2.34. The SMILES string of the molecule is N=C(N)NCCc1ccc(OCCC2Oc3cc([N+](=O)[O-])ccc3N(Cc3ccc([N+](=O)[O-])cc3)C2=O)cc1. The highest BCUT2D eigenvalue weighted by Crippen LogP contribution is 2.38. The van der Waals surface area contributed by atoms with Crippen molar-refractivity contribution >= 4 is 28.9 Å². The van der Waals surface area contributed by atoms with Crippen LogP contribution >= 0.6 is 0 Å². The molecule has 1 amide bonds. The minimum absolute atomic E-state index is 0.0705. The number of fused-ring (bicyclic) bond motifs is 1. The van der Waals surface area contributed by atoms with Crippen LogP contribution < -0.4 is 25.4 Å². The van der Waals surface area contributed by atoms with E-state index in [0.29, 0.717) is 30.0 Å². The van der Waals surface area contributed by atoms with Crippen LogP contribution in [0.1, 0.15) is 17.5 Å². The molecule has 0 aromatic heterocycles. The Morgan fingerprint density at radius 1 is 1.00 bits per heavy atom. The molecule has 4 N–H and O–H groups in total. The summed E-state index contributed by atoms with van der Waals surface area (Å²) in [7, 11) is 0. The molecule has 0 aliphatic carbocycles. The number of carbonyl (C=O) groups is 1. The number of guanidine groups is 1. The number of rotatable bonds is 11. The van der Waals surface area contributed by atoms with Crippen LogP contribution in [-0.2, 0) is 17.8 Å². The maximum Gasteiger partial charge on any atom is 0.273 e. The van der Waals surface area contributed by atoms with Gasteiger partial charge < -0.3 is 25.4 Å². The Morgan fingerprint density at radius 3 is 2.28 bits per heavy atom. The van der Waals surface area contributed by atoms with Crippen LogP contribution in [0.15, 0.2) is 66.7 Å². The number of amides is 1. The Labute approximate surface area is 222 Å². The number of ether oxygens (including phenoxy) is 2. The molecule has 1 aliphatic heterocycles. The molecule has 1 unspecified atom stereocenters. The van der Waals surface area contributed by atoms with Gasteiger partial charge in [0.25, 0.3) is 17.3 Å². The van der Waals surface area contributed by atoms with E-state index in [4.69, 9.17) is 20.6 Å². The number of carbonyl (C=O) groups excluding carboxylic acids is 1. The van der Waals surface area contributed by atoms with Crippen LogP contribution in [0.4, 0.5) is 17.1 Å². The summed E-state index contributed by atoms with van der Waals surface area (Å²) in [5, 5.41) is 32.2. The average molecular weight is 535 g/mol. The maximum absolute atomic E-state index is 13.4. The summed E-state index contributed by atoms with van der Waals surface area (Å²) in [6.45, 7) is 0.784. The number of non-ortho nitro benzene ring substituents is 2. The molecule has 39 heavy (non-hydrogen) atoms. The molecule has 4 rings (SSSR count). The van der Waals surface area contributed by atoms with Crippen molar-refractivity contribution in [2.45, 2.75) is 25.5 Å². The molecule has 0 bridgehead atoms. The van der Waals surface area contributed by atoms with Gasteiger partial charge in [-0.3, -0.25) is 30.4 Å². The molecule has 1 atom stereocenters. The fourth-order valence-electron chi connectivity index (χ4n) is 4.06. The minimum atomic E-state index is -0.950. The summed E-state index contributed by atoms with van der Waals surface area (Å²) >= 11 is 0. The number of nitro benzene ring substituents is 2. The first-order valence-corrected chi connectivity index (χ1v) is 12.0. The van der Waals surface area contributed by atoms with Crippen molar-refractivity contribution in [3.8, 4) is 11.5 Å². The van der Waals surface area contributed by atoms with Gasteiger partial charge >= 0.3 is 0 Å². The predicted molar refractivity (Wildman–Crippen MR) is 142 cm³/mol. The molecular formula is C26H26N6O7. The lowest BCUT2D eigenvalue weighted by molar-refractivity contribution is -0.385. The Hall–Kier alpha value is -5.20. The van der Waals surface area contributed by atoms with Gasteiger partial charge in [0.1, 0.15) is 5.75 Å². The van der Waals surface area contributed by atoms with Crippen LogP contribution in [0, 0.1) is 25.6 Å². The van der Waals surface area contributed by atoms with E-state index in [0.717, 1.165) is 5.56 Å². The van der Waals surface area contributed by atoms with Gasteiger partial charge in [0.15, 0.2) is 17.8 Å². The lowest BCUT2D eigenvalue weighted by atomic mass is 10.1. The second kappa shape index (κ2) is 11.9. The van der Waals surface area contributed by atoms with Crippen molar-refractivity contribution < 1.29 is 24.1 Å². The highest BCUT2D eigenvalue weighted by atomic mass is 16.6. The molecule has 0 radical (unpaired) electrons. The first kappa shape index (κ1) is 26.9. The fraction of sp³-hybridized carbons (Fsp3) is 0.231. The van der Waals surface area contributed by atoms with E-state index >= 15 is 0 Å². The normalized spacial score (nSPS) is 14.2. The second-order valence-corrected chi connectivity index (χ2v) is 8.74. The van der Waals surface area contributed by atoms with E-state index in [1.54, 1.807) is 24.3 Å². The molecule has 0 saturated heterocycles. The van der Waals surface area contributed by atoms with Gasteiger partial charge in [-0.15, -0.1) is 0 Å². The summed E-state index contributed by atoms with van der Waals surface area (Å²) in [6.07, 6.45) is -0.0860. The summed E-state index contributed by atoms with van der Waals surface area (Å²) in [5.74, 6) is 0.351. The zero-order chi connectivity index (χ0) is 27.9. The monoisotopic (exact) mass is 534 g/mol. The molecule has 1 heterocycles. The number of nitro groups is 2. The van der Waals surface area contributed by atoms with Gasteiger partial charge in [-0.1, -0.05) is 24.3 Å². The Bertz CT molecular complexity index is 1380. The number of hydrogen-bond donors (Lipinski definition) is 3. The van der Waals surface area contributed by atoms with Crippen molar-refractivity contribution in [3.63, 3.8) is 0 Å². The number of benzene rings is 3. The summed E-state index contributed by atoms with van der Waals surface area (Å²) in [6, 6.07) is 17.2. The smallest absolute Gasteiger partial charge is 0.273 e. The van der Waals surface area contributed by atoms with Crippen molar-refractivity contribution in [3.05, 3.63) is 98.1 Å². The maximum atomic E-state index is 13.4. The second-order valence-electron chi connectivity index (χ2n) is 8.74. The molecule has 202 valence electrons. The standard InChI is InChI=1S/C26H26N6O7/c27-26(28)29-13-11-17-3-8-21(9-4-17)38-14-12-23-25(33)30(16-18-1-5-19(6-2-18)31(34)35)22-10-7-20(32(36)37)15-24(22)39-23/h1-10,15,23H,11-14,16H2,(H4,27,28,29). The summed E-state index contributed by atoms with van der Waals surface area (Å²) < 4.78 is 11.7. The molecule has 0 fully saturated rings. The average Bonchev–Trinajstić information content (AvgIpc) is 2.91. The summed E-state index contributed by atoms with van der Waals surface area (Å²) in [5.41, 5.74) is 7.08. The van der Waals surface area contributed by atoms with Crippen LogP contribution in [0.2, 0.25) is 0 Å². The van der Waals surface area contributed by atoms with Crippen molar-refractivity contribution in [1.29, 1.82) is 5.41 Å². The quantitative estimate of drug-likeness (QED) is 0.144. The largest absolute Gasteiger partial charge is 0.493 e. The third kappa shape index (κ3) is 6.77. The minimum Gasteiger partial charge on any atom is -0.493 e. The first-order chi connectivity index (χ1) is 18.7. The Morgan fingerprint density at radius 2 is 1.64 bits per heavy atom. The fourth-order valence-corrected chi connectivity index (χ4v) is 4.06. The molecule has 1 aliphatic rings. The molecular weight excluding hydrogens is 508 g/mol. The highest BCUT2D eigenvalue weighted by molar-refractivity contribution is 6.00. The zero-order valence-corrected chi connectivity index (χ0v) is 20.7. The number of nitrogens with zero attached hydrogens (tertiary/aromatic N) is 3. The number of hydrogen-bond acceptors (Lipinski definition) is 8. The molecule has 0 saturated carbocycles. The number of nitrogens with two attached hydrogens (primary N) is 1. The van der Waals surface area contributed by atoms with Gasteiger partial charge in [0, 0.05) is 31.2 Å².